The molecule has 4 heterocycles. The number of alkyl halides is 3. The van der Waals surface area contributed by atoms with Gasteiger partial charge in [-0.25, -0.2) is 23.5 Å². The van der Waals surface area contributed by atoms with E-state index in [4.69, 9.17) is 9.90 Å². The molecule has 0 aliphatic rings. The standard InChI is InChI=1S/C25H20F2N6O.C2HF3O2/c1-16-30-21(15-32(16)14-18-7-8-19(26)11-20(18)27)24-31-23(22-6-2-3-10-33(22)24)25(34)29-13-17-5-4-9-28-12-17;3-2(4,5)1(6)7/h2-12,15H,13-14H2,1H3,(H,29,34);(H,6,7). The van der Waals surface area contributed by atoms with Crippen LogP contribution in [0.15, 0.2) is 73.3 Å². The monoisotopic (exact) mass is 572 g/mol. The van der Waals surface area contributed by atoms with Crippen LogP contribution in [0.2, 0.25) is 0 Å². The number of aliphatic carboxylic acids is 1. The van der Waals surface area contributed by atoms with E-state index in [0.29, 0.717) is 35.0 Å². The van der Waals surface area contributed by atoms with Crippen molar-refractivity contribution in [2.75, 3.05) is 0 Å². The first-order valence-corrected chi connectivity index (χ1v) is 11.9. The Labute approximate surface area is 228 Å². The summed E-state index contributed by atoms with van der Waals surface area (Å²) >= 11 is 0. The molecule has 4 aromatic heterocycles. The number of aromatic nitrogens is 5. The number of carboxylic acids is 1. The molecule has 2 N–H and O–H groups in total. The number of benzene rings is 1. The molecule has 0 bridgehead atoms. The molecule has 0 saturated heterocycles. The van der Waals surface area contributed by atoms with Gasteiger partial charge in [0, 0.05) is 43.0 Å². The first-order valence-electron chi connectivity index (χ1n) is 11.9. The summed E-state index contributed by atoms with van der Waals surface area (Å²) in [6.07, 6.45) is 1.84. The van der Waals surface area contributed by atoms with E-state index >= 15 is 0 Å². The molecule has 0 unspecified atom stereocenters. The third-order valence-electron chi connectivity index (χ3n) is 5.74. The van der Waals surface area contributed by atoms with Crippen molar-refractivity contribution in [3.63, 3.8) is 0 Å². The summed E-state index contributed by atoms with van der Waals surface area (Å²) in [6, 6.07) is 12.7. The van der Waals surface area contributed by atoms with Gasteiger partial charge in [-0.2, -0.15) is 13.2 Å². The number of aryl methyl sites for hydroxylation is 1. The van der Waals surface area contributed by atoms with Crippen LogP contribution in [-0.4, -0.2) is 47.1 Å². The fourth-order valence-corrected chi connectivity index (χ4v) is 3.76. The van der Waals surface area contributed by atoms with Crippen molar-refractivity contribution in [2.24, 2.45) is 0 Å². The molecule has 9 nitrogen and oxygen atoms in total. The molecule has 212 valence electrons. The molecule has 0 saturated carbocycles. The summed E-state index contributed by atoms with van der Waals surface area (Å²) in [7, 11) is 0. The summed E-state index contributed by atoms with van der Waals surface area (Å²) in [5.41, 5.74) is 2.67. The van der Waals surface area contributed by atoms with Crippen molar-refractivity contribution < 1.29 is 36.6 Å². The molecule has 0 spiro atoms. The smallest absolute Gasteiger partial charge is 0.475 e. The Morgan fingerprint density at radius 1 is 1.05 bits per heavy atom. The average molecular weight is 572 g/mol. The van der Waals surface area contributed by atoms with Gasteiger partial charge in [-0.1, -0.05) is 18.2 Å². The molecule has 41 heavy (non-hydrogen) atoms. The predicted octanol–water partition coefficient (Wildman–Crippen LogP) is 4.79. The first-order chi connectivity index (χ1) is 19.4. The number of carboxylic acid groups (broad SMARTS) is 1. The van der Waals surface area contributed by atoms with E-state index in [-0.39, 0.29) is 18.1 Å². The number of amides is 1. The van der Waals surface area contributed by atoms with Gasteiger partial charge in [0.05, 0.1) is 12.1 Å². The third-order valence-corrected chi connectivity index (χ3v) is 5.74. The third kappa shape index (κ3) is 6.90. The molecule has 0 radical (unpaired) electrons. The van der Waals surface area contributed by atoms with Gasteiger partial charge in [-0.05, 0) is 36.8 Å². The second-order valence-electron chi connectivity index (χ2n) is 8.62. The lowest BCUT2D eigenvalue weighted by atomic mass is 10.2. The van der Waals surface area contributed by atoms with Gasteiger partial charge in [-0.15, -0.1) is 0 Å². The number of hydrogen-bond acceptors (Lipinski definition) is 5. The zero-order valence-electron chi connectivity index (χ0n) is 21.2. The Morgan fingerprint density at radius 2 is 1.80 bits per heavy atom. The van der Waals surface area contributed by atoms with Crippen molar-refractivity contribution >= 4 is 17.4 Å². The quantitative estimate of drug-likeness (QED) is 0.283. The van der Waals surface area contributed by atoms with Gasteiger partial charge < -0.3 is 15.0 Å². The van der Waals surface area contributed by atoms with E-state index in [1.54, 1.807) is 34.5 Å². The number of pyridine rings is 2. The maximum atomic E-state index is 14.2. The number of hydrogen-bond donors (Lipinski definition) is 2. The number of nitrogens with zero attached hydrogens (tertiary/aromatic N) is 5. The number of imidazole rings is 2. The van der Waals surface area contributed by atoms with Crippen molar-refractivity contribution in [2.45, 2.75) is 26.2 Å². The molecule has 1 aromatic carbocycles. The van der Waals surface area contributed by atoms with Crippen LogP contribution in [-0.2, 0) is 17.9 Å². The maximum Gasteiger partial charge on any atom is 0.490 e. The van der Waals surface area contributed by atoms with Crippen LogP contribution in [0.25, 0.3) is 17.0 Å². The van der Waals surface area contributed by atoms with Crippen LogP contribution in [0, 0.1) is 18.6 Å². The van der Waals surface area contributed by atoms with E-state index < -0.39 is 23.8 Å². The topological polar surface area (TPSA) is 114 Å². The summed E-state index contributed by atoms with van der Waals surface area (Å²) in [4.78, 5) is 35.1. The number of nitrogens with one attached hydrogen (secondary N) is 1. The van der Waals surface area contributed by atoms with E-state index in [2.05, 4.69) is 20.3 Å². The van der Waals surface area contributed by atoms with Crippen LogP contribution in [0.4, 0.5) is 22.0 Å². The molecule has 5 rings (SSSR count). The summed E-state index contributed by atoms with van der Waals surface area (Å²) in [5.74, 6) is -3.19. The lowest BCUT2D eigenvalue weighted by molar-refractivity contribution is -0.192. The van der Waals surface area contributed by atoms with Crippen molar-refractivity contribution in [3.8, 4) is 11.5 Å². The Bertz CT molecular complexity index is 1700. The van der Waals surface area contributed by atoms with E-state index in [1.165, 1.54) is 12.1 Å². The minimum Gasteiger partial charge on any atom is -0.475 e. The van der Waals surface area contributed by atoms with E-state index in [9.17, 15) is 26.7 Å². The van der Waals surface area contributed by atoms with Gasteiger partial charge >= 0.3 is 12.1 Å². The van der Waals surface area contributed by atoms with Crippen molar-refractivity contribution in [3.05, 3.63) is 108 Å². The average Bonchev–Trinajstić information content (AvgIpc) is 3.49. The summed E-state index contributed by atoms with van der Waals surface area (Å²) in [5, 5.41) is 10.0. The highest BCUT2D eigenvalue weighted by Crippen LogP contribution is 2.23. The van der Waals surface area contributed by atoms with Crippen LogP contribution in [0.5, 0.6) is 0 Å². The fourth-order valence-electron chi connectivity index (χ4n) is 3.76. The lowest BCUT2D eigenvalue weighted by Crippen LogP contribution is -2.23. The lowest BCUT2D eigenvalue weighted by Gasteiger charge is -2.06. The minimum atomic E-state index is -5.08. The molecule has 0 aliphatic heterocycles. The second kappa shape index (κ2) is 11.9. The highest BCUT2D eigenvalue weighted by molar-refractivity contribution is 5.99. The Kier molecular flexibility index (Phi) is 8.40. The molecule has 5 aromatic rings. The van der Waals surface area contributed by atoms with Gasteiger partial charge in [0.2, 0.25) is 0 Å². The molecule has 0 aliphatic carbocycles. The van der Waals surface area contributed by atoms with Gasteiger partial charge in [0.25, 0.3) is 5.91 Å². The molecule has 0 atom stereocenters. The number of carbonyl (C=O) groups excluding carboxylic acids is 1. The molecule has 0 fully saturated rings. The van der Waals surface area contributed by atoms with E-state index in [1.807, 2.05) is 36.5 Å². The van der Waals surface area contributed by atoms with Gasteiger partial charge in [0.15, 0.2) is 11.5 Å². The Morgan fingerprint density at radius 3 is 2.46 bits per heavy atom. The molecule has 14 heteroatoms. The van der Waals surface area contributed by atoms with Gasteiger partial charge in [0.1, 0.15) is 23.2 Å². The number of halogens is 5. The molecule has 1 amide bonds. The number of rotatable bonds is 6. The highest BCUT2D eigenvalue weighted by atomic mass is 19.4. The van der Waals surface area contributed by atoms with Crippen LogP contribution < -0.4 is 5.32 Å². The maximum absolute atomic E-state index is 14.2. The predicted molar refractivity (Wildman–Crippen MR) is 136 cm³/mol. The Balaban J connectivity index is 0.000000493. The zero-order valence-corrected chi connectivity index (χ0v) is 21.2. The zero-order chi connectivity index (χ0) is 29.7. The first kappa shape index (κ1) is 28.9. The minimum absolute atomic E-state index is 0.187. The van der Waals surface area contributed by atoms with Crippen LogP contribution in [0.1, 0.15) is 27.4 Å². The normalized spacial score (nSPS) is 11.2. The highest BCUT2D eigenvalue weighted by Gasteiger charge is 2.38. The van der Waals surface area contributed by atoms with Gasteiger partial charge in [-0.3, -0.25) is 14.2 Å². The number of fused-ring (bicyclic) bond motifs is 1. The second-order valence-corrected chi connectivity index (χ2v) is 8.62. The van der Waals surface area contributed by atoms with E-state index in [0.717, 1.165) is 11.6 Å². The molecular weight excluding hydrogens is 551 g/mol. The van der Waals surface area contributed by atoms with Crippen molar-refractivity contribution in [1.29, 1.82) is 0 Å². The van der Waals surface area contributed by atoms with Crippen LogP contribution in [0.3, 0.4) is 0 Å². The summed E-state index contributed by atoms with van der Waals surface area (Å²) < 4.78 is 62.7. The van der Waals surface area contributed by atoms with Crippen molar-refractivity contribution in [1.82, 2.24) is 29.2 Å². The SMILES string of the molecule is Cc1nc(-c2nc(C(=O)NCc3cccnc3)c3ccccn23)cn1Cc1ccc(F)cc1F.O=C(O)C(F)(F)F. The summed E-state index contributed by atoms with van der Waals surface area (Å²) in [6.45, 7) is 2.31. The molecular formula is C27H21F5N6O3. The largest absolute Gasteiger partial charge is 0.490 e. The Hall–Kier alpha value is -5.14. The number of carbonyl (C=O) groups is 2. The fraction of sp³-hybridized carbons (Fsp3) is 0.148. The van der Waals surface area contributed by atoms with Crippen LogP contribution >= 0.6 is 0 Å².